The third-order valence-electron chi connectivity index (χ3n) is 6.85. The molecule has 9 nitrogen and oxygen atoms in total. The Morgan fingerprint density at radius 2 is 1.94 bits per heavy atom. The lowest BCUT2D eigenvalue weighted by Crippen LogP contribution is -2.46. The number of anilines is 1. The van der Waals surface area contributed by atoms with Crippen molar-refractivity contribution in [1.29, 1.82) is 0 Å². The van der Waals surface area contributed by atoms with Gasteiger partial charge in [-0.15, -0.1) is 4.36 Å². The molecule has 0 saturated heterocycles. The molecule has 3 N–H and O–H groups in total. The number of rotatable bonds is 4. The van der Waals surface area contributed by atoms with Gasteiger partial charge < -0.3 is 10.1 Å². The summed E-state index contributed by atoms with van der Waals surface area (Å²) in [5.41, 5.74) is 5.45. The van der Waals surface area contributed by atoms with Crippen LogP contribution in [0, 0.1) is 0 Å². The Balaban J connectivity index is 1.37. The minimum Gasteiger partial charge on any atom is -0.475 e. The van der Waals surface area contributed by atoms with Crippen LogP contribution in [0.15, 0.2) is 21.5 Å². The van der Waals surface area contributed by atoms with Crippen molar-refractivity contribution in [1.82, 2.24) is 14.7 Å². The summed E-state index contributed by atoms with van der Waals surface area (Å²) in [4.78, 5) is 13.9. The predicted octanol–water partition coefficient (Wildman–Crippen LogP) is 3.05. The number of hydrogen-bond donors (Lipinski definition) is 2. The van der Waals surface area contributed by atoms with Gasteiger partial charge in [0, 0.05) is 5.69 Å². The van der Waals surface area contributed by atoms with E-state index in [0.717, 1.165) is 60.2 Å². The number of carbonyl (C=O) groups excluding carboxylic acids is 1. The van der Waals surface area contributed by atoms with Crippen molar-refractivity contribution in [2.24, 2.45) is 9.50 Å². The topological polar surface area (TPSA) is 115 Å². The molecule has 0 fully saturated rings. The van der Waals surface area contributed by atoms with Crippen LogP contribution >= 0.6 is 0 Å². The van der Waals surface area contributed by atoms with E-state index in [0.29, 0.717) is 0 Å². The maximum atomic E-state index is 13.2. The number of halogens is 3. The van der Waals surface area contributed by atoms with Gasteiger partial charge in [0.1, 0.15) is 11.5 Å². The van der Waals surface area contributed by atoms with Gasteiger partial charge in [-0.2, -0.15) is 18.3 Å². The Labute approximate surface area is 201 Å². The molecule has 0 saturated carbocycles. The number of alkyl halides is 3. The van der Waals surface area contributed by atoms with Crippen LogP contribution in [0.4, 0.5) is 23.7 Å². The fourth-order valence-electron chi connectivity index (χ4n) is 5.21. The lowest BCUT2D eigenvalue weighted by atomic mass is 9.99. The van der Waals surface area contributed by atoms with Crippen LogP contribution in [-0.4, -0.2) is 57.3 Å². The Bertz CT molecular complexity index is 1270. The number of urea groups is 1. The lowest BCUT2D eigenvalue weighted by Gasteiger charge is -2.32. The second-order valence-electron chi connectivity index (χ2n) is 9.32. The van der Waals surface area contributed by atoms with Gasteiger partial charge in [-0.25, -0.2) is 18.8 Å². The third kappa shape index (κ3) is 4.76. The molecule has 1 aromatic carbocycles. The van der Waals surface area contributed by atoms with Crippen molar-refractivity contribution < 1.29 is 26.9 Å². The summed E-state index contributed by atoms with van der Waals surface area (Å²) in [5, 5.41) is 12.9. The highest BCUT2D eigenvalue weighted by molar-refractivity contribution is 7.91. The number of likely N-dealkylation sites (N-methyl/N-ethyl adjacent to an activating group) is 1. The van der Waals surface area contributed by atoms with Crippen molar-refractivity contribution in [3.05, 3.63) is 34.5 Å². The number of fused-ring (bicyclic) bond motifs is 3. The zero-order valence-corrected chi connectivity index (χ0v) is 20.0. The normalized spacial score (nSPS) is 20.6. The van der Waals surface area contributed by atoms with Crippen LogP contribution in [0.5, 0.6) is 5.88 Å². The number of amides is 2. The summed E-state index contributed by atoms with van der Waals surface area (Å²) >= 11 is 0. The van der Waals surface area contributed by atoms with Crippen LogP contribution in [0.2, 0.25) is 0 Å². The van der Waals surface area contributed by atoms with Crippen LogP contribution in [-0.2, 0) is 42.1 Å². The number of hydrogen-bond acceptors (Lipinski definition) is 5. The number of aryl methyl sites for hydroxylation is 2. The molecule has 2 aromatic rings. The molecule has 190 valence electrons. The number of benzene rings is 1. The SMILES string of the molecule is CN(CC(F)(F)F)C1COc2c(S(N)(=O)=NC(=O)Nc3c4c(cc5c3CCC5)CCC4)cnn2C1. The molecule has 2 amide bonds. The first kappa shape index (κ1) is 24.1. The van der Waals surface area contributed by atoms with E-state index in [1.807, 2.05) is 0 Å². The maximum absolute atomic E-state index is 13.2. The molecule has 35 heavy (non-hydrogen) atoms. The van der Waals surface area contributed by atoms with E-state index in [4.69, 9.17) is 9.88 Å². The molecular weight excluding hydrogens is 485 g/mol. The minimum absolute atomic E-state index is 0.0483. The largest absolute Gasteiger partial charge is 0.475 e. The molecule has 0 radical (unpaired) electrons. The first-order chi connectivity index (χ1) is 16.5. The number of carbonyl (C=O) groups is 1. The van der Waals surface area contributed by atoms with E-state index in [1.54, 1.807) is 0 Å². The smallest absolute Gasteiger partial charge is 0.401 e. The van der Waals surface area contributed by atoms with Crippen molar-refractivity contribution in [2.45, 2.75) is 62.2 Å². The van der Waals surface area contributed by atoms with Crippen LogP contribution in [0.1, 0.15) is 35.1 Å². The number of nitrogens with one attached hydrogen (secondary N) is 1. The summed E-state index contributed by atoms with van der Waals surface area (Å²) in [7, 11) is -2.36. The molecular formula is C22H27F3N6O3S. The first-order valence-electron chi connectivity index (χ1n) is 11.5. The average molecular weight is 513 g/mol. The van der Waals surface area contributed by atoms with E-state index in [-0.39, 0.29) is 23.9 Å². The fraction of sp³-hybridized carbons (Fsp3) is 0.545. The highest BCUT2D eigenvalue weighted by atomic mass is 32.2. The lowest BCUT2D eigenvalue weighted by molar-refractivity contribution is -0.150. The molecule has 0 bridgehead atoms. The summed E-state index contributed by atoms with van der Waals surface area (Å²) in [5.74, 6) is 0.0483. The fourth-order valence-corrected chi connectivity index (χ4v) is 6.21. The minimum atomic E-state index is -4.35. The van der Waals surface area contributed by atoms with Gasteiger partial charge in [-0.1, -0.05) is 6.07 Å². The van der Waals surface area contributed by atoms with Crippen LogP contribution < -0.4 is 15.2 Å². The summed E-state index contributed by atoms with van der Waals surface area (Å²) in [6.45, 7) is -1.08. The van der Waals surface area contributed by atoms with Crippen LogP contribution in [0.25, 0.3) is 0 Å². The van der Waals surface area contributed by atoms with Gasteiger partial charge in [0.15, 0.2) is 9.92 Å². The van der Waals surface area contributed by atoms with Gasteiger partial charge in [0.05, 0.1) is 25.3 Å². The van der Waals surface area contributed by atoms with Crippen molar-refractivity contribution in [3.63, 3.8) is 0 Å². The van der Waals surface area contributed by atoms with Gasteiger partial charge in [0.25, 0.3) is 0 Å². The second kappa shape index (κ2) is 8.79. The molecule has 5 rings (SSSR count). The first-order valence-corrected chi connectivity index (χ1v) is 13.1. The van der Waals surface area contributed by atoms with Gasteiger partial charge in [-0.05, 0) is 67.8 Å². The molecule has 1 aromatic heterocycles. The Kier molecular flexibility index (Phi) is 6.04. The second-order valence-corrected chi connectivity index (χ2v) is 11.1. The average Bonchev–Trinajstić information content (AvgIpc) is 3.50. The highest BCUT2D eigenvalue weighted by Crippen LogP contribution is 2.39. The summed E-state index contributed by atoms with van der Waals surface area (Å²) in [6.07, 6.45) is 2.55. The van der Waals surface area contributed by atoms with Crippen molar-refractivity contribution >= 4 is 21.6 Å². The van der Waals surface area contributed by atoms with E-state index in [1.165, 1.54) is 29.1 Å². The summed E-state index contributed by atoms with van der Waals surface area (Å²) < 4.78 is 62.1. The van der Waals surface area contributed by atoms with Crippen molar-refractivity contribution in [3.8, 4) is 5.88 Å². The predicted molar refractivity (Wildman–Crippen MR) is 123 cm³/mol. The van der Waals surface area contributed by atoms with Crippen molar-refractivity contribution in [2.75, 3.05) is 25.5 Å². The molecule has 13 heteroatoms. The van der Waals surface area contributed by atoms with Gasteiger partial charge in [0.2, 0.25) is 5.88 Å². The van der Waals surface area contributed by atoms with E-state index in [9.17, 15) is 22.2 Å². The monoisotopic (exact) mass is 512 g/mol. The highest BCUT2D eigenvalue weighted by Gasteiger charge is 2.35. The number of aromatic nitrogens is 2. The quantitative estimate of drug-likeness (QED) is 0.654. The van der Waals surface area contributed by atoms with Gasteiger partial charge >= 0.3 is 12.2 Å². The molecule has 3 aliphatic rings. The van der Waals surface area contributed by atoms with E-state index < -0.39 is 34.7 Å². The number of nitrogens with zero attached hydrogens (tertiary/aromatic N) is 4. The molecule has 1 aliphatic heterocycles. The zero-order chi connectivity index (χ0) is 25.0. The van der Waals surface area contributed by atoms with Crippen LogP contribution in [0.3, 0.4) is 0 Å². The molecule has 2 unspecified atom stereocenters. The zero-order valence-electron chi connectivity index (χ0n) is 19.2. The van der Waals surface area contributed by atoms with E-state index >= 15 is 0 Å². The van der Waals surface area contributed by atoms with Gasteiger partial charge in [-0.3, -0.25) is 4.90 Å². The number of ether oxygens (including phenoxy) is 1. The van der Waals surface area contributed by atoms with E-state index in [2.05, 4.69) is 20.8 Å². The Hall–Kier alpha value is -2.64. The Morgan fingerprint density at radius 1 is 1.29 bits per heavy atom. The summed E-state index contributed by atoms with van der Waals surface area (Å²) in [6, 6.07) is 0.832. The standard InChI is InChI=1S/C22H27F3N6O3S/c1-30(12-22(23,24)25)15-10-31-20(34-11-15)18(9-27-31)35(26,33)29-21(32)28-19-16-6-2-4-13(16)8-14-5-3-7-17(14)19/h8-9,15H,2-7,10-12H2,1H3,(H3,26,28,29,32,33). The number of nitrogens with two attached hydrogens (primary N) is 1. The molecule has 2 atom stereocenters. The Morgan fingerprint density at radius 3 is 2.57 bits per heavy atom. The third-order valence-corrected chi connectivity index (χ3v) is 8.19. The maximum Gasteiger partial charge on any atom is 0.401 e. The molecule has 2 aliphatic carbocycles. The molecule has 2 heterocycles. The molecule has 0 spiro atoms.